The van der Waals surface area contributed by atoms with Gasteiger partial charge < -0.3 is 18.9 Å². The monoisotopic (exact) mass is 579 g/mol. The zero-order chi connectivity index (χ0) is 29.4. The van der Waals surface area contributed by atoms with Gasteiger partial charge in [0.05, 0.1) is 22.1 Å². The van der Waals surface area contributed by atoms with Gasteiger partial charge in [0.1, 0.15) is 17.3 Å². The Kier molecular flexibility index (Phi) is 4.44. The average Bonchev–Trinajstić information content (AvgIpc) is 3.82. The highest BCUT2D eigenvalue weighted by Crippen LogP contribution is 2.53. The van der Waals surface area contributed by atoms with Gasteiger partial charge in [0.2, 0.25) is 0 Å². The van der Waals surface area contributed by atoms with Crippen LogP contribution in [0.25, 0.3) is 76.8 Å². The third-order valence-electron chi connectivity index (χ3n) is 10.5. The topological polar surface area (TPSA) is 35.0 Å². The molecule has 214 valence electrons. The molecule has 1 N–H and O–H groups in total. The van der Waals surface area contributed by atoms with Crippen molar-refractivity contribution in [2.24, 2.45) is 0 Å². The molecule has 1 atom stereocenters. The predicted molar refractivity (Wildman–Crippen MR) is 186 cm³/mol. The number of dihydropyridines is 1. The van der Waals surface area contributed by atoms with Crippen molar-refractivity contribution >= 4 is 71.1 Å². The number of aromatic nitrogens is 2. The molecule has 0 saturated heterocycles. The summed E-state index contributed by atoms with van der Waals surface area (Å²) in [5.41, 5.74) is 15.1. The van der Waals surface area contributed by atoms with Crippen LogP contribution in [0, 0.1) is 0 Å². The molecule has 3 aromatic heterocycles. The van der Waals surface area contributed by atoms with Gasteiger partial charge in [-0.1, -0.05) is 79.7 Å². The van der Waals surface area contributed by atoms with Gasteiger partial charge >= 0.3 is 0 Å². The smallest absolute Gasteiger partial charge is 0.137 e. The Balaban J connectivity index is 1.25. The standard InChI is InChI=1S/C41H29N3O/c1-2-24-25-10-3-6-15-32(25)42-41-37(24)31-14-9-13-28-29-20-21-34-38(40(29)44(41)39(28)31)30-12-4-7-16-33(30)43(34)23-18-19-27-26-11-5-8-17-35(26)45-36(27)22-23/h3-5,7-14,16-22,41-42H,2,6,15H2,1H3. The molecule has 11 rings (SSSR count). The Bertz CT molecular complexity index is 2720. The number of fused-ring (bicyclic) bond motifs is 13. The Morgan fingerprint density at radius 2 is 1.56 bits per heavy atom. The van der Waals surface area contributed by atoms with E-state index in [1.807, 2.05) is 6.07 Å². The molecule has 45 heavy (non-hydrogen) atoms. The lowest BCUT2D eigenvalue weighted by atomic mass is 9.85. The maximum Gasteiger partial charge on any atom is 0.137 e. The first-order valence-electron chi connectivity index (χ1n) is 16.1. The van der Waals surface area contributed by atoms with Gasteiger partial charge in [0, 0.05) is 60.9 Å². The second kappa shape index (κ2) is 8.36. The van der Waals surface area contributed by atoms with Crippen molar-refractivity contribution in [2.75, 3.05) is 0 Å². The van der Waals surface area contributed by atoms with Crippen molar-refractivity contribution in [1.29, 1.82) is 0 Å². The van der Waals surface area contributed by atoms with E-state index in [2.05, 4.69) is 125 Å². The largest absolute Gasteiger partial charge is 0.456 e. The molecule has 8 aromatic rings. The molecule has 4 nitrogen and oxygen atoms in total. The summed E-state index contributed by atoms with van der Waals surface area (Å²) in [6.45, 7) is 2.31. The summed E-state index contributed by atoms with van der Waals surface area (Å²) in [5.74, 6) is 0. The second-order valence-corrected chi connectivity index (χ2v) is 12.7. The van der Waals surface area contributed by atoms with Gasteiger partial charge in [0.25, 0.3) is 0 Å². The van der Waals surface area contributed by atoms with E-state index in [4.69, 9.17) is 4.42 Å². The molecule has 5 aromatic carbocycles. The van der Waals surface area contributed by atoms with E-state index in [9.17, 15) is 0 Å². The third kappa shape index (κ3) is 2.88. The zero-order valence-electron chi connectivity index (χ0n) is 24.9. The average molecular weight is 580 g/mol. The van der Waals surface area contributed by atoms with Gasteiger partial charge in [0.15, 0.2) is 0 Å². The Hall–Kier alpha value is -5.48. The first-order valence-corrected chi connectivity index (χ1v) is 16.1. The van der Waals surface area contributed by atoms with E-state index in [0.29, 0.717) is 0 Å². The number of para-hydroxylation sites is 3. The van der Waals surface area contributed by atoms with Crippen molar-refractivity contribution < 1.29 is 4.42 Å². The van der Waals surface area contributed by atoms with E-state index in [-0.39, 0.29) is 6.17 Å². The first-order chi connectivity index (χ1) is 22.3. The molecule has 4 heteroatoms. The van der Waals surface area contributed by atoms with Crippen molar-refractivity contribution in [3.8, 4) is 5.69 Å². The van der Waals surface area contributed by atoms with E-state index in [0.717, 1.165) is 46.9 Å². The summed E-state index contributed by atoms with van der Waals surface area (Å²) in [6, 6.07) is 35.4. The number of benzene rings is 5. The maximum absolute atomic E-state index is 6.35. The van der Waals surface area contributed by atoms with Gasteiger partial charge in [-0.2, -0.15) is 0 Å². The fraction of sp³-hybridized carbons (Fsp3) is 0.122. The van der Waals surface area contributed by atoms with Crippen molar-refractivity contribution in [1.82, 2.24) is 14.5 Å². The molecular weight excluding hydrogens is 550 g/mol. The van der Waals surface area contributed by atoms with Crippen LogP contribution >= 0.6 is 0 Å². The molecule has 1 unspecified atom stereocenters. The summed E-state index contributed by atoms with van der Waals surface area (Å²) in [6.07, 6.45) is 7.95. The molecular formula is C41H29N3O. The van der Waals surface area contributed by atoms with Crippen LogP contribution in [0.5, 0.6) is 0 Å². The Labute approximate surface area is 259 Å². The molecule has 0 amide bonds. The van der Waals surface area contributed by atoms with Crippen LogP contribution in [0.1, 0.15) is 37.9 Å². The van der Waals surface area contributed by atoms with Crippen LogP contribution in [0.2, 0.25) is 0 Å². The first kappa shape index (κ1) is 23.9. The number of hydrogen-bond donors (Lipinski definition) is 1. The van der Waals surface area contributed by atoms with Gasteiger partial charge in [-0.25, -0.2) is 0 Å². The number of hydrogen-bond acceptors (Lipinski definition) is 2. The minimum Gasteiger partial charge on any atom is -0.456 e. The highest BCUT2D eigenvalue weighted by atomic mass is 16.3. The van der Waals surface area contributed by atoms with E-state index >= 15 is 0 Å². The third-order valence-corrected chi connectivity index (χ3v) is 10.5. The fourth-order valence-corrected chi connectivity index (χ4v) is 8.78. The molecule has 1 aliphatic carbocycles. The second-order valence-electron chi connectivity index (χ2n) is 12.7. The van der Waals surface area contributed by atoms with Gasteiger partial charge in [-0.3, -0.25) is 0 Å². The SMILES string of the molecule is CCC1=C2c3cccc4c5ccc6c(c7ccccc7n6-c6ccc7c(c6)oc6ccccc67)c5n(c34)C2NC2=C1C=CCC2. The number of nitrogens with zero attached hydrogens (tertiary/aromatic N) is 2. The molecule has 0 radical (unpaired) electrons. The van der Waals surface area contributed by atoms with E-state index < -0.39 is 0 Å². The Morgan fingerprint density at radius 3 is 2.49 bits per heavy atom. The highest BCUT2D eigenvalue weighted by molar-refractivity contribution is 6.27. The van der Waals surface area contributed by atoms with Crippen LogP contribution in [-0.2, 0) is 0 Å². The fourth-order valence-electron chi connectivity index (χ4n) is 8.78. The van der Waals surface area contributed by atoms with Gasteiger partial charge in [-0.05, 0) is 60.7 Å². The summed E-state index contributed by atoms with van der Waals surface area (Å²) >= 11 is 0. The molecule has 3 aliphatic rings. The van der Waals surface area contributed by atoms with Gasteiger partial charge in [-0.15, -0.1) is 0 Å². The van der Waals surface area contributed by atoms with Crippen LogP contribution < -0.4 is 5.32 Å². The summed E-state index contributed by atoms with van der Waals surface area (Å²) in [5, 5.41) is 11.6. The molecule has 0 spiro atoms. The number of allylic oxidation sites excluding steroid dienone is 5. The highest BCUT2D eigenvalue weighted by Gasteiger charge is 2.38. The summed E-state index contributed by atoms with van der Waals surface area (Å²) in [7, 11) is 0. The lowest BCUT2D eigenvalue weighted by molar-refractivity contribution is 0.557. The van der Waals surface area contributed by atoms with E-state index in [1.54, 1.807) is 0 Å². The molecule has 5 heterocycles. The summed E-state index contributed by atoms with van der Waals surface area (Å²) in [4.78, 5) is 0. The number of nitrogens with one attached hydrogen (secondary N) is 1. The lowest BCUT2D eigenvalue weighted by Gasteiger charge is -2.33. The lowest BCUT2D eigenvalue weighted by Crippen LogP contribution is -2.30. The normalized spacial score (nSPS) is 17.5. The van der Waals surface area contributed by atoms with Crippen molar-refractivity contribution in [2.45, 2.75) is 32.4 Å². The minimum atomic E-state index is 0.0854. The zero-order valence-corrected chi connectivity index (χ0v) is 24.9. The van der Waals surface area contributed by atoms with E-state index in [1.165, 1.54) is 71.6 Å². The molecule has 0 fully saturated rings. The summed E-state index contributed by atoms with van der Waals surface area (Å²) < 4.78 is 11.4. The Morgan fingerprint density at radius 1 is 0.756 bits per heavy atom. The van der Waals surface area contributed by atoms with Crippen LogP contribution in [0.3, 0.4) is 0 Å². The van der Waals surface area contributed by atoms with Crippen LogP contribution in [0.15, 0.2) is 130 Å². The maximum atomic E-state index is 6.35. The van der Waals surface area contributed by atoms with Crippen LogP contribution in [0.4, 0.5) is 0 Å². The number of rotatable bonds is 2. The van der Waals surface area contributed by atoms with Crippen molar-refractivity contribution in [3.05, 3.63) is 132 Å². The molecule has 0 saturated carbocycles. The molecule has 2 aliphatic heterocycles. The minimum absolute atomic E-state index is 0.0854. The van der Waals surface area contributed by atoms with Crippen LogP contribution in [-0.4, -0.2) is 9.13 Å². The number of furan rings is 1. The predicted octanol–water partition coefficient (Wildman–Crippen LogP) is 10.7. The van der Waals surface area contributed by atoms with Crippen molar-refractivity contribution in [3.63, 3.8) is 0 Å². The quantitative estimate of drug-likeness (QED) is 0.221. The molecule has 0 bridgehead atoms.